The first kappa shape index (κ1) is 13.8. The van der Waals surface area contributed by atoms with Crippen molar-refractivity contribution in [3.05, 3.63) is 28.7 Å². The smallest absolute Gasteiger partial charge is 0.250 e. The molecular weight excluding hydrogens is 242 g/mol. The third-order valence-electron chi connectivity index (χ3n) is 3.64. The van der Waals surface area contributed by atoms with Crippen molar-refractivity contribution in [2.45, 2.75) is 39.3 Å². The zero-order valence-corrected chi connectivity index (χ0v) is 11.5. The number of hydrogen-bond donors (Lipinski definition) is 2. The van der Waals surface area contributed by atoms with Gasteiger partial charge in [0.1, 0.15) is 0 Å². The third kappa shape index (κ3) is 3.23. The number of nitrogens with zero attached hydrogens (tertiary/aromatic N) is 1. The Balaban J connectivity index is 2.08. The van der Waals surface area contributed by atoms with Crippen LogP contribution in [0.1, 0.15) is 26.7 Å². The van der Waals surface area contributed by atoms with Gasteiger partial charge in [0.15, 0.2) is 0 Å². The first-order valence-corrected chi connectivity index (χ1v) is 6.86. The second kappa shape index (κ2) is 6.02. The van der Waals surface area contributed by atoms with Gasteiger partial charge in [-0.2, -0.15) is 0 Å². The molecule has 5 heteroatoms. The van der Waals surface area contributed by atoms with Crippen LogP contribution in [0, 0.1) is 5.92 Å². The maximum atomic E-state index is 12.2. The van der Waals surface area contributed by atoms with Gasteiger partial charge in [-0.25, -0.2) is 0 Å². The summed E-state index contributed by atoms with van der Waals surface area (Å²) in [5.41, 5.74) is 0.621. The van der Waals surface area contributed by atoms with E-state index in [1.54, 1.807) is 16.8 Å². The third-order valence-corrected chi connectivity index (χ3v) is 3.64. The van der Waals surface area contributed by atoms with Gasteiger partial charge in [-0.15, -0.1) is 0 Å². The molecule has 1 aromatic rings. The maximum Gasteiger partial charge on any atom is 0.250 e. The van der Waals surface area contributed by atoms with Crippen molar-refractivity contribution in [1.29, 1.82) is 0 Å². The Morgan fingerprint density at radius 1 is 1.53 bits per heavy atom. The lowest BCUT2D eigenvalue weighted by atomic mass is 9.92. The zero-order chi connectivity index (χ0) is 13.8. The molecule has 1 fully saturated rings. The molecule has 0 saturated carbocycles. The van der Waals surface area contributed by atoms with E-state index < -0.39 is 0 Å². The van der Waals surface area contributed by atoms with Crippen molar-refractivity contribution in [3.8, 4) is 0 Å². The fraction of sp³-hybridized carbons (Fsp3) is 0.571. The Labute approximate surface area is 113 Å². The summed E-state index contributed by atoms with van der Waals surface area (Å²) >= 11 is 0. The van der Waals surface area contributed by atoms with Gasteiger partial charge in [0.05, 0.1) is 11.7 Å². The number of piperidine rings is 1. The van der Waals surface area contributed by atoms with Gasteiger partial charge in [-0.3, -0.25) is 9.59 Å². The van der Waals surface area contributed by atoms with Crippen LogP contribution < -0.4 is 16.2 Å². The van der Waals surface area contributed by atoms with Gasteiger partial charge in [-0.05, 0) is 38.3 Å². The van der Waals surface area contributed by atoms with Gasteiger partial charge >= 0.3 is 0 Å². The first-order chi connectivity index (χ1) is 9.11. The largest absolute Gasteiger partial charge is 0.323 e. The minimum Gasteiger partial charge on any atom is -0.323 e. The molecule has 0 radical (unpaired) electrons. The summed E-state index contributed by atoms with van der Waals surface area (Å²) in [6.07, 6.45) is 3.87. The molecule has 1 aliphatic rings. The second-order valence-electron chi connectivity index (χ2n) is 5.08. The molecule has 1 amide bonds. The summed E-state index contributed by atoms with van der Waals surface area (Å²) < 4.78 is 1.58. The highest BCUT2D eigenvalue weighted by Gasteiger charge is 2.27. The molecule has 2 heterocycles. The van der Waals surface area contributed by atoms with Crippen molar-refractivity contribution < 1.29 is 4.79 Å². The van der Waals surface area contributed by atoms with Crippen LogP contribution in [0.4, 0.5) is 5.69 Å². The normalized spacial score (nSPS) is 23.1. The highest BCUT2D eigenvalue weighted by molar-refractivity contribution is 5.94. The molecule has 0 aliphatic carbocycles. The molecule has 5 nitrogen and oxygen atoms in total. The summed E-state index contributed by atoms with van der Waals surface area (Å²) in [4.78, 5) is 23.7. The number of aryl methyl sites for hydroxylation is 1. The Kier molecular flexibility index (Phi) is 4.37. The highest BCUT2D eigenvalue weighted by atomic mass is 16.2. The van der Waals surface area contributed by atoms with Crippen LogP contribution in [-0.4, -0.2) is 23.1 Å². The molecule has 0 spiro atoms. The van der Waals surface area contributed by atoms with Gasteiger partial charge in [0.2, 0.25) is 5.91 Å². The first-order valence-electron chi connectivity index (χ1n) is 6.86. The molecule has 1 saturated heterocycles. The zero-order valence-electron chi connectivity index (χ0n) is 11.5. The minimum atomic E-state index is -0.143. The number of amides is 1. The Morgan fingerprint density at radius 3 is 3.00 bits per heavy atom. The van der Waals surface area contributed by atoms with E-state index >= 15 is 0 Å². The SMILES string of the molecule is CCn1cc(NC(=O)C2NCCCC2C)ccc1=O. The molecule has 1 aromatic heterocycles. The number of nitrogens with one attached hydrogen (secondary N) is 2. The summed E-state index contributed by atoms with van der Waals surface area (Å²) in [6, 6.07) is 2.99. The lowest BCUT2D eigenvalue weighted by molar-refractivity contribution is -0.119. The van der Waals surface area contributed by atoms with Crippen LogP contribution >= 0.6 is 0 Å². The van der Waals surface area contributed by atoms with Crippen LogP contribution in [0.3, 0.4) is 0 Å². The molecular formula is C14H21N3O2. The standard InChI is InChI=1S/C14H21N3O2/c1-3-17-9-11(6-7-12(17)18)16-14(19)13-10(2)5-4-8-15-13/h6-7,9-10,13,15H,3-5,8H2,1-2H3,(H,16,19). The molecule has 1 aliphatic heterocycles. The summed E-state index contributed by atoms with van der Waals surface area (Å²) in [5, 5.41) is 6.13. The predicted molar refractivity (Wildman–Crippen MR) is 75.2 cm³/mol. The van der Waals surface area contributed by atoms with Gasteiger partial charge < -0.3 is 15.2 Å². The average Bonchev–Trinajstić information content (AvgIpc) is 2.41. The number of hydrogen-bond acceptors (Lipinski definition) is 3. The fourth-order valence-corrected chi connectivity index (χ4v) is 2.47. The molecule has 104 valence electrons. The van der Waals surface area contributed by atoms with E-state index in [-0.39, 0.29) is 17.5 Å². The number of aromatic nitrogens is 1. The van der Waals surface area contributed by atoms with E-state index in [0.717, 1.165) is 19.4 Å². The van der Waals surface area contributed by atoms with Crippen LogP contribution in [0.5, 0.6) is 0 Å². The van der Waals surface area contributed by atoms with E-state index in [4.69, 9.17) is 0 Å². The van der Waals surface area contributed by atoms with E-state index in [1.807, 2.05) is 6.92 Å². The van der Waals surface area contributed by atoms with E-state index in [1.165, 1.54) is 6.07 Å². The van der Waals surface area contributed by atoms with Crippen molar-refractivity contribution in [2.75, 3.05) is 11.9 Å². The Bertz CT molecular complexity index is 510. The Morgan fingerprint density at radius 2 is 2.32 bits per heavy atom. The van der Waals surface area contributed by atoms with E-state index in [0.29, 0.717) is 18.2 Å². The molecule has 19 heavy (non-hydrogen) atoms. The molecule has 2 rings (SSSR count). The van der Waals surface area contributed by atoms with Gasteiger partial charge in [-0.1, -0.05) is 6.92 Å². The lowest BCUT2D eigenvalue weighted by Gasteiger charge is -2.28. The monoisotopic (exact) mass is 263 g/mol. The number of anilines is 1. The Hall–Kier alpha value is -1.62. The van der Waals surface area contributed by atoms with Crippen molar-refractivity contribution in [3.63, 3.8) is 0 Å². The number of rotatable bonds is 3. The number of pyridine rings is 1. The van der Waals surface area contributed by atoms with Crippen molar-refractivity contribution >= 4 is 11.6 Å². The summed E-state index contributed by atoms with van der Waals surface area (Å²) in [5.74, 6) is 0.319. The molecule has 0 bridgehead atoms. The number of carbonyl (C=O) groups excluding carboxylic acids is 1. The summed E-state index contributed by atoms with van der Waals surface area (Å²) in [6.45, 7) is 5.47. The molecule has 2 N–H and O–H groups in total. The molecule has 2 atom stereocenters. The van der Waals surface area contributed by atoms with Crippen LogP contribution in [0.2, 0.25) is 0 Å². The van der Waals surface area contributed by atoms with E-state index in [9.17, 15) is 9.59 Å². The van der Waals surface area contributed by atoms with Gasteiger partial charge in [0, 0.05) is 18.8 Å². The van der Waals surface area contributed by atoms with Crippen molar-refractivity contribution in [1.82, 2.24) is 9.88 Å². The maximum absolute atomic E-state index is 12.2. The molecule has 0 aromatic carbocycles. The minimum absolute atomic E-state index is 0.0199. The second-order valence-corrected chi connectivity index (χ2v) is 5.08. The number of carbonyl (C=O) groups is 1. The topological polar surface area (TPSA) is 63.1 Å². The van der Waals surface area contributed by atoms with Crippen molar-refractivity contribution in [2.24, 2.45) is 5.92 Å². The average molecular weight is 263 g/mol. The quantitative estimate of drug-likeness (QED) is 0.861. The van der Waals surface area contributed by atoms with E-state index in [2.05, 4.69) is 17.6 Å². The van der Waals surface area contributed by atoms with Crippen LogP contribution in [0.15, 0.2) is 23.1 Å². The fourth-order valence-electron chi connectivity index (χ4n) is 2.47. The highest BCUT2D eigenvalue weighted by Crippen LogP contribution is 2.17. The van der Waals surface area contributed by atoms with Crippen LogP contribution in [0.25, 0.3) is 0 Å². The van der Waals surface area contributed by atoms with Crippen LogP contribution in [-0.2, 0) is 11.3 Å². The lowest BCUT2D eigenvalue weighted by Crippen LogP contribution is -2.48. The molecule has 2 unspecified atom stereocenters. The predicted octanol–water partition coefficient (Wildman–Crippen LogP) is 1.19. The van der Waals surface area contributed by atoms with Gasteiger partial charge in [0.25, 0.3) is 5.56 Å². The summed E-state index contributed by atoms with van der Waals surface area (Å²) in [7, 11) is 0.